The number of nitrogens with zero attached hydrogens (tertiary/aromatic N) is 3. The number of ether oxygens (including phenoxy) is 2. The van der Waals surface area contributed by atoms with Crippen molar-refractivity contribution < 1.29 is 14.3 Å². The number of rotatable bonds is 6. The molecule has 3 heterocycles. The molecule has 1 fully saturated rings. The van der Waals surface area contributed by atoms with Crippen molar-refractivity contribution in [2.45, 2.75) is 31.7 Å². The van der Waals surface area contributed by atoms with Crippen LogP contribution in [-0.2, 0) is 21.5 Å². The number of benzene rings is 1. The molecule has 0 bridgehead atoms. The van der Waals surface area contributed by atoms with Crippen molar-refractivity contribution in [1.82, 2.24) is 19.9 Å². The molecule has 7 nitrogen and oxygen atoms in total. The number of aryl methyl sites for hydroxylation is 1. The Morgan fingerprint density at radius 3 is 2.60 bits per heavy atom. The van der Waals surface area contributed by atoms with Crippen LogP contribution < -0.4 is 10.1 Å². The van der Waals surface area contributed by atoms with Gasteiger partial charge in [0.1, 0.15) is 17.4 Å². The standard InChI is InChI=1S/C23H26N4O3/c1-17-24-12-13-27(17)21-18(4-3-11-25-21)16-26-22(28)23(9-14-30-15-10-23)19-5-7-20(29-2)8-6-19/h3-8,11-13H,9-10,14-16H2,1-2H3,(H,26,28). The number of carbonyl (C=O) groups excluding carboxylic acids is 1. The number of pyridine rings is 1. The Balaban J connectivity index is 1.58. The van der Waals surface area contributed by atoms with Crippen molar-refractivity contribution in [3.8, 4) is 11.6 Å². The third-order valence-electron chi connectivity index (χ3n) is 5.78. The minimum Gasteiger partial charge on any atom is -0.497 e. The molecule has 3 aromatic rings. The lowest BCUT2D eigenvalue weighted by atomic mass is 9.73. The molecule has 0 aliphatic carbocycles. The summed E-state index contributed by atoms with van der Waals surface area (Å²) in [6, 6.07) is 11.6. The molecule has 0 spiro atoms. The van der Waals surface area contributed by atoms with E-state index in [1.54, 1.807) is 19.5 Å². The first kappa shape index (κ1) is 20.1. The molecular formula is C23H26N4O3. The van der Waals surface area contributed by atoms with Crippen LogP contribution in [0.5, 0.6) is 5.75 Å². The Kier molecular flexibility index (Phi) is 5.81. The van der Waals surface area contributed by atoms with Crippen LogP contribution in [0.2, 0.25) is 0 Å². The highest BCUT2D eigenvalue weighted by Gasteiger charge is 2.41. The number of aromatic nitrogens is 3. The number of hydrogen-bond donors (Lipinski definition) is 1. The van der Waals surface area contributed by atoms with E-state index < -0.39 is 5.41 Å². The maximum atomic E-state index is 13.5. The van der Waals surface area contributed by atoms with E-state index in [1.807, 2.05) is 54.1 Å². The number of amides is 1. The van der Waals surface area contributed by atoms with Crippen molar-refractivity contribution in [1.29, 1.82) is 0 Å². The summed E-state index contributed by atoms with van der Waals surface area (Å²) in [6.07, 6.45) is 6.65. The fourth-order valence-corrected chi connectivity index (χ4v) is 4.01. The lowest BCUT2D eigenvalue weighted by molar-refractivity contribution is -0.130. The fraction of sp³-hybridized carbons (Fsp3) is 0.348. The minimum absolute atomic E-state index is 0.00752. The average Bonchev–Trinajstić information content (AvgIpc) is 3.23. The second-order valence-corrected chi connectivity index (χ2v) is 7.44. The summed E-state index contributed by atoms with van der Waals surface area (Å²) in [4.78, 5) is 22.3. The monoisotopic (exact) mass is 406 g/mol. The van der Waals surface area contributed by atoms with Crippen LogP contribution in [0.1, 0.15) is 29.8 Å². The van der Waals surface area contributed by atoms with Gasteiger partial charge in [-0.25, -0.2) is 9.97 Å². The first-order valence-electron chi connectivity index (χ1n) is 10.1. The Morgan fingerprint density at radius 1 is 1.17 bits per heavy atom. The lowest BCUT2D eigenvalue weighted by Gasteiger charge is -2.36. The van der Waals surface area contributed by atoms with E-state index in [4.69, 9.17) is 9.47 Å². The quantitative estimate of drug-likeness (QED) is 0.681. The van der Waals surface area contributed by atoms with Crippen LogP contribution in [0.4, 0.5) is 0 Å². The molecule has 7 heteroatoms. The van der Waals surface area contributed by atoms with E-state index in [1.165, 1.54) is 0 Å². The van der Waals surface area contributed by atoms with E-state index in [9.17, 15) is 4.79 Å². The van der Waals surface area contributed by atoms with Gasteiger partial charge in [-0.2, -0.15) is 0 Å². The molecule has 1 amide bonds. The summed E-state index contributed by atoms with van der Waals surface area (Å²) in [5, 5.41) is 3.16. The number of carbonyl (C=O) groups is 1. The van der Waals surface area contributed by atoms with Crippen LogP contribution in [0.25, 0.3) is 5.82 Å². The van der Waals surface area contributed by atoms with Crippen LogP contribution in [0, 0.1) is 6.92 Å². The molecular weight excluding hydrogens is 380 g/mol. The van der Waals surface area contributed by atoms with Gasteiger partial charge in [0.05, 0.1) is 12.5 Å². The zero-order valence-corrected chi connectivity index (χ0v) is 17.3. The zero-order chi connectivity index (χ0) is 21.0. The Bertz CT molecular complexity index is 1010. The van der Waals surface area contributed by atoms with Gasteiger partial charge in [-0.15, -0.1) is 0 Å². The molecule has 1 aliphatic heterocycles. The lowest BCUT2D eigenvalue weighted by Crippen LogP contribution is -2.47. The molecule has 1 aromatic carbocycles. The maximum Gasteiger partial charge on any atom is 0.231 e. The normalized spacial score (nSPS) is 15.5. The molecule has 0 radical (unpaired) electrons. The third-order valence-corrected chi connectivity index (χ3v) is 5.78. The smallest absolute Gasteiger partial charge is 0.231 e. The van der Waals surface area contributed by atoms with E-state index in [-0.39, 0.29) is 5.91 Å². The summed E-state index contributed by atoms with van der Waals surface area (Å²) >= 11 is 0. The molecule has 0 atom stereocenters. The molecule has 30 heavy (non-hydrogen) atoms. The van der Waals surface area contributed by atoms with E-state index in [0.717, 1.165) is 28.5 Å². The maximum absolute atomic E-state index is 13.5. The van der Waals surface area contributed by atoms with Crippen LogP contribution in [-0.4, -0.2) is 40.8 Å². The van der Waals surface area contributed by atoms with Gasteiger partial charge in [-0.3, -0.25) is 9.36 Å². The highest BCUT2D eigenvalue weighted by Crippen LogP contribution is 2.36. The van der Waals surface area contributed by atoms with Crippen molar-refractivity contribution in [2.24, 2.45) is 0 Å². The SMILES string of the molecule is COc1ccc(C2(C(=O)NCc3cccnc3-n3ccnc3C)CCOCC2)cc1. The Morgan fingerprint density at radius 2 is 1.93 bits per heavy atom. The second kappa shape index (κ2) is 8.67. The average molecular weight is 406 g/mol. The molecule has 156 valence electrons. The summed E-state index contributed by atoms with van der Waals surface area (Å²) in [5.41, 5.74) is 1.31. The Labute approximate surface area is 176 Å². The van der Waals surface area contributed by atoms with E-state index in [0.29, 0.717) is 32.6 Å². The second-order valence-electron chi connectivity index (χ2n) is 7.44. The van der Waals surface area contributed by atoms with Gasteiger partial charge in [0, 0.05) is 43.9 Å². The first-order chi connectivity index (χ1) is 14.6. The summed E-state index contributed by atoms with van der Waals surface area (Å²) < 4.78 is 12.8. The number of imidazole rings is 1. The molecule has 2 aromatic heterocycles. The molecule has 0 saturated carbocycles. The molecule has 1 aliphatic rings. The number of methoxy groups -OCH3 is 1. The van der Waals surface area contributed by atoms with E-state index >= 15 is 0 Å². The highest BCUT2D eigenvalue weighted by atomic mass is 16.5. The fourth-order valence-electron chi connectivity index (χ4n) is 4.01. The van der Waals surface area contributed by atoms with Gasteiger partial charge in [0.15, 0.2) is 0 Å². The van der Waals surface area contributed by atoms with Crippen molar-refractivity contribution in [3.05, 3.63) is 71.9 Å². The number of nitrogens with one attached hydrogen (secondary N) is 1. The van der Waals surface area contributed by atoms with Crippen molar-refractivity contribution in [2.75, 3.05) is 20.3 Å². The highest BCUT2D eigenvalue weighted by molar-refractivity contribution is 5.88. The van der Waals surface area contributed by atoms with Crippen molar-refractivity contribution >= 4 is 5.91 Å². The molecule has 1 N–H and O–H groups in total. The largest absolute Gasteiger partial charge is 0.497 e. The van der Waals surface area contributed by atoms with Gasteiger partial charge in [0.2, 0.25) is 5.91 Å². The number of hydrogen-bond acceptors (Lipinski definition) is 5. The molecule has 4 rings (SSSR count). The third kappa shape index (κ3) is 3.80. The van der Waals surface area contributed by atoms with Gasteiger partial charge in [0.25, 0.3) is 0 Å². The van der Waals surface area contributed by atoms with Gasteiger partial charge in [-0.1, -0.05) is 18.2 Å². The Hall–Kier alpha value is -3.19. The van der Waals surface area contributed by atoms with Gasteiger partial charge in [-0.05, 0) is 43.5 Å². The molecule has 0 unspecified atom stereocenters. The summed E-state index contributed by atoms with van der Waals surface area (Å²) in [7, 11) is 1.64. The van der Waals surface area contributed by atoms with Crippen LogP contribution >= 0.6 is 0 Å². The summed E-state index contributed by atoms with van der Waals surface area (Å²) in [6.45, 7) is 3.44. The topological polar surface area (TPSA) is 78.3 Å². The minimum atomic E-state index is -0.613. The van der Waals surface area contributed by atoms with Gasteiger partial charge < -0.3 is 14.8 Å². The van der Waals surface area contributed by atoms with Crippen molar-refractivity contribution in [3.63, 3.8) is 0 Å². The zero-order valence-electron chi connectivity index (χ0n) is 17.3. The summed E-state index contributed by atoms with van der Waals surface area (Å²) in [5.74, 6) is 2.41. The van der Waals surface area contributed by atoms with Gasteiger partial charge >= 0.3 is 0 Å². The van der Waals surface area contributed by atoms with E-state index in [2.05, 4.69) is 15.3 Å². The van der Waals surface area contributed by atoms with Crippen LogP contribution in [0.15, 0.2) is 55.0 Å². The predicted octanol–water partition coefficient (Wildman–Crippen LogP) is 2.95. The van der Waals surface area contributed by atoms with Crippen LogP contribution in [0.3, 0.4) is 0 Å². The first-order valence-corrected chi connectivity index (χ1v) is 10.1. The predicted molar refractivity (Wildman–Crippen MR) is 113 cm³/mol. The molecule has 1 saturated heterocycles.